The van der Waals surface area contributed by atoms with Crippen molar-refractivity contribution in [1.29, 1.82) is 0 Å². The van der Waals surface area contributed by atoms with Crippen molar-refractivity contribution in [1.82, 2.24) is 10.2 Å². The molecule has 0 bridgehead atoms. The van der Waals surface area contributed by atoms with Crippen molar-refractivity contribution in [3.05, 3.63) is 30.3 Å². The van der Waals surface area contributed by atoms with Crippen molar-refractivity contribution in [3.63, 3.8) is 0 Å². The van der Waals surface area contributed by atoms with Crippen molar-refractivity contribution in [3.8, 4) is 17.0 Å². The zero-order valence-corrected chi connectivity index (χ0v) is 10.7. The Morgan fingerprint density at radius 2 is 2.33 bits per heavy atom. The lowest BCUT2D eigenvalue weighted by Gasteiger charge is -2.12. The molecule has 1 aromatic carbocycles. The fourth-order valence-corrected chi connectivity index (χ4v) is 3.11. The van der Waals surface area contributed by atoms with E-state index in [0.717, 1.165) is 29.2 Å². The Bertz CT molecular complexity index is 535. The Hall–Kier alpha value is -1.62. The van der Waals surface area contributed by atoms with Crippen molar-refractivity contribution in [2.24, 2.45) is 0 Å². The maximum absolute atomic E-state index is 5.96. The lowest BCUT2D eigenvalue weighted by molar-refractivity contribution is 0.229. The fourth-order valence-electron chi connectivity index (χ4n) is 2.02. The lowest BCUT2D eigenvalue weighted by atomic mass is 10.1. The summed E-state index contributed by atoms with van der Waals surface area (Å²) in [6.45, 7) is 0. The summed E-state index contributed by atoms with van der Waals surface area (Å²) in [7, 11) is 0. The summed E-state index contributed by atoms with van der Waals surface area (Å²) < 4.78 is 5.96. The summed E-state index contributed by atoms with van der Waals surface area (Å²) in [6.07, 6.45) is 1.48. The van der Waals surface area contributed by atoms with Crippen LogP contribution in [0.25, 0.3) is 11.3 Å². The van der Waals surface area contributed by atoms with E-state index in [0.29, 0.717) is 11.9 Å². The van der Waals surface area contributed by atoms with E-state index in [1.54, 1.807) is 0 Å². The Morgan fingerprint density at radius 1 is 1.39 bits per heavy atom. The normalized spacial score (nSPS) is 19.0. The summed E-state index contributed by atoms with van der Waals surface area (Å²) >= 11 is 1.95. The molecule has 1 aliphatic heterocycles. The number of thioether (sulfide) groups is 1. The van der Waals surface area contributed by atoms with E-state index >= 15 is 0 Å². The average molecular weight is 261 g/mol. The van der Waals surface area contributed by atoms with Gasteiger partial charge in [0.2, 0.25) is 0 Å². The second-order valence-electron chi connectivity index (χ2n) is 4.34. The number of nitrogens with zero attached hydrogens (tertiary/aromatic N) is 1. The standard InChI is InChI=1S/C13H15N3OS/c14-13-7-12(15-16-13)9-2-1-3-10(6-9)17-11-4-5-18-8-11/h1-3,6-7,11H,4-5,8H2,(H3,14,15,16). The highest BCUT2D eigenvalue weighted by atomic mass is 32.2. The molecule has 1 aliphatic rings. The topological polar surface area (TPSA) is 63.9 Å². The third-order valence-corrected chi connectivity index (χ3v) is 4.07. The molecule has 0 radical (unpaired) electrons. The predicted molar refractivity (Wildman–Crippen MR) is 74.8 cm³/mol. The summed E-state index contributed by atoms with van der Waals surface area (Å²) in [4.78, 5) is 0. The van der Waals surface area contributed by atoms with Crippen LogP contribution in [-0.4, -0.2) is 27.8 Å². The van der Waals surface area contributed by atoms with Crippen LogP contribution in [0.1, 0.15) is 6.42 Å². The van der Waals surface area contributed by atoms with E-state index in [1.807, 2.05) is 42.1 Å². The molecule has 3 N–H and O–H groups in total. The first-order valence-corrected chi connectivity index (χ1v) is 7.12. The number of hydrogen-bond donors (Lipinski definition) is 2. The molecule has 0 spiro atoms. The molecule has 18 heavy (non-hydrogen) atoms. The molecule has 0 amide bonds. The quantitative estimate of drug-likeness (QED) is 0.891. The molecular formula is C13H15N3OS. The first kappa shape index (κ1) is 11.5. The van der Waals surface area contributed by atoms with Crippen molar-refractivity contribution >= 4 is 17.6 Å². The predicted octanol–water partition coefficient (Wildman–Crippen LogP) is 2.54. The largest absolute Gasteiger partial charge is 0.490 e. The summed E-state index contributed by atoms with van der Waals surface area (Å²) in [6, 6.07) is 9.85. The molecule has 0 saturated carbocycles. The van der Waals surface area contributed by atoms with Gasteiger partial charge >= 0.3 is 0 Å². The van der Waals surface area contributed by atoms with Gasteiger partial charge in [0, 0.05) is 17.4 Å². The summed E-state index contributed by atoms with van der Waals surface area (Å²) in [5, 5.41) is 6.84. The van der Waals surface area contributed by atoms with Crippen LogP contribution in [0.15, 0.2) is 30.3 Å². The van der Waals surface area contributed by atoms with Gasteiger partial charge in [0.05, 0.1) is 5.69 Å². The van der Waals surface area contributed by atoms with Gasteiger partial charge in [-0.25, -0.2) is 0 Å². The lowest BCUT2D eigenvalue weighted by Crippen LogP contribution is -2.14. The third-order valence-electron chi connectivity index (χ3n) is 2.93. The third kappa shape index (κ3) is 2.46. The van der Waals surface area contributed by atoms with Crippen molar-refractivity contribution in [2.75, 3.05) is 17.2 Å². The molecular weight excluding hydrogens is 246 g/mol. The SMILES string of the molecule is Nc1cc(-c2cccc(OC3CCSC3)c2)[nH]n1. The van der Waals surface area contributed by atoms with Gasteiger partial charge in [-0.3, -0.25) is 5.10 Å². The van der Waals surface area contributed by atoms with E-state index in [1.165, 1.54) is 5.75 Å². The van der Waals surface area contributed by atoms with E-state index < -0.39 is 0 Å². The number of nitrogens with one attached hydrogen (secondary N) is 1. The minimum atomic E-state index is 0.345. The van der Waals surface area contributed by atoms with Crippen LogP contribution in [-0.2, 0) is 0 Å². The molecule has 4 nitrogen and oxygen atoms in total. The Balaban J connectivity index is 1.80. The van der Waals surface area contributed by atoms with E-state index in [-0.39, 0.29) is 0 Å². The molecule has 2 heterocycles. The monoisotopic (exact) mass is 261 g/mol. The smallest absolute Gasteiger partial charge is 0.145 e. The van der Waals surface area contributed by atoms with E-state index in [2.05, 4.69) is 10.2 Å². The molecule has 94 valence electrons. The number of aromatic amines is 1. The number of rotatable bonds is 3. The number of hydrogen-bond acceptors (Lipinski definition) is 4. The molecule has 2 aromatic rings. The summed E-state index contributed by atoms with van der Waals surface area (Å²) in [5.41, 5.74) is 7.57. The number of H-pyrrole nitrogens is 1. The Kier molecular flexibility index (Phi) is 3.15. The molecule has 1 unspecified atom stereocenters. The number of aromatic nitrogens is 2. The van der Waals surface area contributed by atoms with Crippen LogP contribution >= 0.6 is 11.8 Å². The minimum Gasteiger partial charge on any atom is -0.490 e. The van der Waals surface area contributed by atoms with Crippen LogP contribution in [0.4, 0.5) is 5.82 Å². The van der Waals surface area contributed by atoms with Crippen LogP contribution in [0, 0.1) is 0 Å². The van der Waals surface area contributed by atoms with Crippen molar-refractivity contribution < 1.29 is 4.74 Å². The molecule has 3 rings (SSSR count). The molecule has 1 saturated heterocycles. The van der Waals surface area contributed by atoms with Gasteiger partial charge in [0.25, 0.3) is 0 Å². The number of nitrogens with two attached hydrogens (primary N) is 1. The molecule has 5 heteroatoms. The minimum absolute atomic E-state index is 0.345. The van der Waals surface area contributed by atoms with E-state index in [9.17, 15) is 0 Å². The average Bonchev–Trinajstić information content (AvgIpc) is 3.01. The van der Waals surface area contributed by atoms with Crippen LogP contribution in [0.2, 0.25) is 0 Å². The highest BCUT2D eigenvalue weighted by Gasteiger charge is 2.17. The molecule has 1 atom stereocenters. The van der Waals surface area contributed by atoms with Gasteiger partial charge in [-0.2, -0.15) is 16.9 Å². The second kappa shape index (κ2) is 4.94. The number of benzene rings is 1. The van der Waals surface area contributed by atoms with Crippen LogP contribution < -0.4 is 10.5 Å². The number of nitrogen functional groups attached to an aromatic ring is 1. The maximum Gasteiger partial charge on any atom is 0.145 e. The zero-order chi connectivity index (χ0) is 12.4. The highest BCUT2D eigenvalue weighted by Crippen LogP contribution is 2.27. The molecule has 0 aliphatic carbocycles. The first-order valence-electron chi connectivity index (χ1n) is 5.97. The van der Waals surface area contributed by atoms with Gasteiger partial charge < -0.3 is 10.5 Å². The number of anilines is 1. The van der Waals surface area contributed by atoms with Gasteiger partial charge in [0.15, 0.2) is 0 Å². The Labute approximate surface area is 110 Å². The van der Waals surface area contributed by atoms with E-state index in [4.69, 9.17) is 10.5 Å². The van der Waals surface area contributed by atoms with Crippen molar-refractivity contribution in [2.45, 2.75) is 12.5 Å². The fraction of sp³-hybridized carbons (Fsp3) is 0.308. The van der Waals surface area contributed by atoms with Gasteiger partial charge in [-0.1, -0.05) is 12.1 Å². The molecule has 1 fully saturated rings. The first-order chi connectivity index (χ1) is 8.81. The van der Waals surface area contributed by atoms with Gasteiger partial charge in [-0.15, -0.1) is 0 Å². The number of ether oxygens (including phenoxy) is 1. The van der Waals surface area contributed by atoms with Crippen LogP contribution in [0.5, 0.6) is 5.75 Å². The highest BCUT2D eigenvalue weighted by molar-refractivity contribution is 7.99. The Morgan fingerprint density at radius 3 is 3.06 bits per heavy atom. The van der Waals surface area contributed by atoms with Gasteiger partial charge in [-0.05, 0) is 24.3 Å². The van der Waals surface area contributed by atoms with Gasteiger partial charge in [0.1, 0.15) is 17.7 Å². The summed E-state index contributed by atoms with van der Waals surface area (Å²) in [5.74, 6) is 3.69. The zero-order valence-electron chi connectivity index (χ0n) is 9.93. The molecule has 1 aromatic heterocycles. The maximum atomic E-state index is 5.96. The van der Waals surface area contributed by atoms with Crippen LogP contribution in [0.3, 0.4) is 0 Å². The second-order valence-corrected chi connectivity index (χ2v) is 5.49.